The third kappa shape index (κ3) is 7.70. The van der Waals surface area contributed by atoms with Crippen molar-refractivity contribution in [2.75, 3.05) is 32.0 Å². The predicted molar refractivity (Wildman–Crippen MR) is 146 cm³/mol. The number of rotatable bonds is 12. The summed E-state index contributed by atoms with van der Waals surface area (Å²) in [6, 6.07) is 14.9. The molecule has 4 N–H and O–H groups in total. The van der Waals surface area contributed by atoms with Crippen molar-refractivity contribution in [3.63, 3.8) is 0 Å². The van der Waals surface area contributed by atoms with Crippen LogP contribution in [0.25, 0.3) is 0 Å². The number of nitrogens with two attached hydrogens (primary N) is 1. The molecule has 2 aromatic carbocycles. The Bertz CT molecular complexity index is 1180. The maximum atomic E-state index is 13.5. The number of nitrogens with zero attached hydrogens (tertiary/aromatic N) is 1. The number of ether oxygens (including phenoxy) is 3. The fourth-order valence-corrected chi connectivity index (χ4v) is 6.62. The lowest BCUT2D eigenvalue weighted by molar-refractivity contribution is -0.0907. The van der Waals surface area contributed by atoms with E-state index in [1.165, 1.54) is 28.6 Å². The molecule has 0 saturated carbocycles. The van der Waals surface area contributed by atoms with Gasteiger partial charge in [-0.05, 0) is 55.0 Å². The molecule has 0 spiro atoms. The summed E-state index contributed by atoms with van der Waals surface area (Å²) >= 11 is 0. The third-order valence-electron chi connectivity index (χ3n) is 7.08. The molecule has 39 heavy (non-hydrogen) atoms. The van der Waals surface area contributed by atoms with Gasteiger partial charge in [0.05, 0.1) is 36.2 Å². The van der Waals surface area contributed by atoms with Crippen molar-refractivity contribution in [3.8, 4) is 0 Å². The van der Waals surface area contributed by atoms with E-state index in [-0.39, 0.29) is 42.7 Å². The Balaban J connectivity index is 1.48. The molecule has 2 saturated heterocycles. The zero-order valence-corrected chi connectivity index (χ0v) is 23.3. The number of aliphatic hydroxyl groups is 1. The molecule has 1 amide bonds. The number of alkyl carbamates (subject to hydrolysis) is 1. The van der Waals surface area contributed by atoms with E-state index >= 15 is 0 Å². The Kier molecular flexibility index (Phi) is 9.84. The van der Waals surface area contributed by atoms with Crippen LogP contribution in [0.4, 0.5) is 10.5 Å². The lowest BCUT2D eigenvalue weighted by Crippen LogP contribution is -2.51. The van der Waals surface area contributed by atoms with Crippen molar-refractivity contribution < 1.29 is 32.5 Å². The number of aryl methyl sites for hydroxylation is 1. The Morgan fingerprint density at radius 2 is 1.85 bits per heavy atom. The predicted octanol–water partition coefficient (Wildman–Crippen LogP) is 2.77. The van der Waals surface area contributed by atoms with Crippen LogP contribution in [-0.2, 0) is 30.7 Å². The van der Waals surface area contributed by atoms with Crippen LogP contribution >= 0.6 is 0 Å². The van der Waals surface area contributed by atoms with Crippen LogP contribution in [0, 0.1) is 11.8 Å². The highest BCUT2D eigenvalue weighted by Gasteiger charge is 2.44. The van der Waals surface area contributed by atoms with Crippen LogP contribution in [-0.4, -0.2) is 74.8 Å². The van der Waals surface area contributed by atoms with Gasteiger partial charge in [-0.25, -0.2) is 13.2 Å². The van der Waals surface area contributed by atoms with E-state index < -0.39 is 34.4 Å². The van der Waals surface area contributed by atoms with E-state index in [1.54, 1.807) is 0 Å². The summed E-state index contributed by atoms with van der Waals surface area (Å²) in [5, 5.41) is 14.1. The standard InChI is InChI=1S/C28H39N3O7S/c1-19(2)16-31(39(34,35)22-11-9-21(29)10-12-22)17-25(32)24(13-8-20-6-4-3-5-7-20)30-28(33)38-26-18-37-27-23(26)14-15-36-27/h3-7,9-12,19,23-27,32H,8,13-18,29H2,1-2H3,(H,30,33)/t23-,24-,25?,26-,27+/m0/s1. The van der Waals surface area contributed by atoms with Crippen molar-refractivity contribution in [2.24, 2.45) is 11.8 Å². The van der Waals surface area contributed by atoms with E-state index in [0.29, 0.717) is 25.1 Å². The van der Waals surface area contributed by atoms with Gasteiger partial charge < -0.3 is 30.4 Å². The second kappa shape index (κ2) is 13.1. The minimum Gasteiger partial charge on any atom is -0.443 e. The molecule has 0 aliphatic carbocycles. The van der Waals surface area contributed by atoms with Gasteiger partial charge in [-0.15, -0.1) is 0 Å². The van der Waals surface area contributed by atoms with Gasteiger partial charge in [0.2, 0.25) is 10.0 Å². The fraction of sp³-hybridized carbons (Fsp3) is 0.536. The SMILES string of the molecule is CC(C)CN(CC(O)[C@H](CCc1ccccc1)NC(=O)O[C@H]1CO[C@H]2OCC[C@H]21)S(=O)(=O)c1ccc(N)cc1. The third-order valence-corrected chi connectivity index (χ3v) is 8.92. The number of amides is 1. The van der Waals surface area contributed by atoms with Gasteiger partial charge in [0.25, 0.3) is 0 Å². The fourth-order valence-electron chi connectivity index (χ4n) is 5.00. The summed E-state index contributed by atoms with van der Waals surface area (Å²) in [5.41, 5.74) is 7.24. The second-order valence-electron chi connectivity index (χ2n) is 10.6. The quantitative estimate of drug-likeness (QED) is 0.336. The summed E-state index contributed by atoms with van der Waals surface area (Å²) in [7, 11) is -3.92. The highest BCUT2D eigenvalue weighted by molar-refractivity contribution is 7.89. The van der Waals surface area contributed by atoms with Gasteiger partial charge in [0.1, 0.15) is 6.10 Å². The molecule has 10 nitrogen and oxygen atoms in total. The molecule has 0 aromatic heterocycles. The summed E-state index contributed by atoms with van der Waals surface area (Å²) in [4.78, 5) is 13.0. The molecule has 5 atom stereocenters. The average Bonchev–Trinajstić information content (AvgIpc) is 3.52. The molecule has 2 fully saturated rings. The van der Waals surface area contributed by atoms with Crippen molar-refractivity contribution in [3.05, 3.63) is 60.2 Å². The van der Waals surface area contributed by atoms with E-state index in [2.05, 4.69) is 5.32 Å². The molecule has 214 valence electrons. The number of carbonyl (C=O) groups excluding carboxylic acids is 1. The second-order valence-corrected chi connectivity index (χ2v) is 12.5. The maximum absolute atomic E-state index is 13.5. The van der Waals surface area contributed by atoms with E-state index in [0.717, 1.165) is 12.0 Å². The Morgan fingerprint density at radius 1 is 1.13 bits per heavy atom. The topological polar surface area (TPSA) is 140 Å². The number of nitrogen functional groups attached to an aromatic ring is 1. The maximum Gasteiger partial charge on any atom is 0.407 e. The molecule has 2 aliphatic rings. The molecule has 2 aromatic rings. The molecule has 2 aliphatic heterocycles. The lowest BCUT2D eigenvalue weighted by Gasteiger charge is -2.31. The molecule has 1 unspecified atom stereocenters. The van der Waals surface area contributed by atoms with Crippen LogP contribution in [0.5, 0.6) is 0 Å². The number of hydrogen-bond donors (Lipinski definition) is 3. The van der Waals surface area contributed by atoms with E-state index in [1.807, 2.05) is 44.2 Å². The van der Waals surface area contributed by atoms with Crippen LogP contribution < -0.4 is 11.1 Å². The zero-order chi connectivity index (χ0) is 28.0. The van der Waals surface area contributed by atoms with Gasteiger partial charge in [-0.1, -0.05) is 44.2 Å². The number of fused-ring (bicyclic) bond motifs is 1. The largest absolute Gasteiger partial charge is 0.443 e. The van der Waals surface area contributed by atoms with Crippen molar-refractivity contribution in [1.29, 1.82) is 0 Å². The average molecular weight is 562 g/mol. The minimum atomic E-state index is -3.92. The van der Waals surface area contributed by atoms with Gasteiger partial charge in [0, 0.05) is 18.8 Å². The van der Waals surface area contributed by atoms with Gasteiger partial charge in [-0.2, -0.15) is 4.31 Å². The van der Waals surface area contributed by atoms with Crippen LogP contribution in [0.3, 0.4) is 0 Å². The van der Waals surface area contributed by atoms with Crippen LogP contribution in [0.2, 0.25) is 0 Å². The van der Waals surface area contributed by atoms with Gasteiger partial charge >= 0.3 is 6.09 Å². The molecular weight excluding hydrogens is 522 g/mol. The van der Waals surface area contributed by atoms with E-state index in [4.69, 9.17) is 19.9 Å². The number of sulfonamides is 1. The summed E-state index contributed by atoms with van der Waals surface area (Å²) < 4.78 is 45.0. The zero-order valence-electron chi connectivity index (χ0n) is 22.4. The summed E-state index contributed by atoms with van der Waals surface area (Å²) in [6.07, 6.45) is -0.957. The first kappa shape index (κ1) is 29.3. The highest BCUT2D eigenvalue weighted by atomic mass is 32.2. The summed E-state index contributed by atoms with van der Waals surface area (Å²) in [5.74, 6) is -0.0135. The van der Waals surface area contributed by atoms with Crippen molar-refractivity contribution >= 4 is 21.8 Å². The Labute approximate surface area is 230 Å². The molecule has 2 heterocycles. The van der Waals surface area contributed by atoms with E-state index in [9.17, 15) is 18.3 Å². The molecular formula is C28H39N3O7S. The number of carbonyl (C=O) groups is 1. The van der Waals surface area contributed by atoms with Crippen molar-refractivity contribution in [1.82, 2.24) is 9.62 Å². The number of benzene rings is 2. The van der Waals surface area contributed by atoms with Crippen LogP contribution in [0.1, 0.15) is 32.3 Å². The number of anilines is 1. The first-order valence-corrected chi connectivity index (χ1v) is 14.9. The lowest BCUT2D eigenvalue weighted by atomic mass is 10.0. The highest BCUT2D eigenvalue weighted by Crippen LogP contribution is 2.33. The number of hydrogen-bond acceptors (Lipinski definition) is 8. The van der Waals surface area contributed by atoms with Gasteiger partial charge in [0.15, 0.2) is 6.29 Å². The van der Waals surface area contributed by atoms with Crippen molar-refractivity contribution in [2.45, 2.75) is 62.5 Å². The number of aliphatic hydroxyl groups excluding tert-OH is 1. The van der Waals surface area contributed by atoms with Crippen LogP contribution in [0.15, 0.2) is 59.5 Å². The summed E-state index contributed by atoms with van der Waals surface area (Å²) in [6.45, 7) is 4.62. The normalized spacial score (nSPS) is 22.5. The monoisotopic (exact) mass is 561 g/mol. The smallest absolute Gasteiger partial charge is 0.407 e. The molecule has 0 bridgehead atoms. The molecule has 0 radical (unpaired) electrons. The molecule has 4 rings (SSSR count). The first-order chi connectivity index (χ1) is 18.6. The Morgan fingerprint density at radius 3 is 2.54 bits per heavy atom. The molecule has 11 heteroatoms. The first-order valence-electron chi connectivity index (χ1n) is 13.4. The minimum absolute atomic E-state index is 0.00499. The number of nitrogens with one attached hydrogen (secondary N) is 1. The Hall–Kier alpha value is -2.70. The van der Waals surface area contributed by atoms with Gasteiger partial charge in [-0.3, -0.25) is 0 Å².